The number of carbonyl (C=O) groups excluding carboxylic acids is 1. The van der Waals surface area contributed by atoms with Gasteiger partial charge in [-0.05, 0) is 55.8 Å². The van der Waals surface area contributed by atoms with Crippen molar-refractivity contribution in [3.63, 3.8) is 0 Å². The van der Waals surface area contributed by atoms with Crippen LogP contribution in [0.5, 0.6) is 5.75 Å². The van der Waals surface area contributed by atoms with Gasteiger partial charge in [0.15, 0.2) is 0 Å². The number of pyridine rings is 1. The Morgan fingerprint density at radius 1 is 1.08 bits per heavy atom. The van der Waals surface area contributed by atoms with Crippen LogP contribution < -0.4 is 15.2 Å². The number of likely N-dealkylation sites (N-methyl/N-ethyl adjacent to an activating group) is 1. The van der Waals surface area contributed by atoms with Gasteiger partial charge in [-0.2, -0.15) is 0 Å². The summed E-state index contributed by atoms with van der Waals surface area (Å²) in [6, 6.07) is 11.6. The van der Waals surface area contributed by atoms with Crippen molar-refractivity contribution < 1.29 is 9.53 Å². The van der Waals surface area contributed by atoms with Crippen LogP contribution in [-0.2, 0) is 11.2 Å². The standard InChI is InChI=1S/C27H29N5O3S2/c1-18-4-9-23-28-24(30-14-12-29(2)13-15-30)21(25(33)32(23)17-18)16-22-26(34)31(27(36)37-22)11-10-19-5-7-20(35-3)8-6-19/h4-9,16-17H,10-15H2,1-3H3/b22-16-. The average molecular weight is 536 g/mol. The predicted molar refractivity (Wildman–Crippen MR) is 152 cm³/mol. The monoisotopic (exact) mass is 535 g/mol. The lowest BCUT2D eigenvalue weighted by Gasteiger charge is -2.34. The fourth-order valence-electron chi connectivity index (χ4n) is 4.49. The summed E-state index contributed by atoms with van der Waals surface area (Å²) in [4.78, 5) is 38.4. The van der Waals surface area contributed by atoms with Crippen molar-refractivity contribution in [2.45, 2.75) is 13.3 Å². The van der Waals surface area contributed by atoms with E-state index in [0.29, 0.717) is 39.2 Å². The van der Waals surface area contributed by atoms with E-state index in [9.17, 15) is 9.59 Å². The summed E-state index contributed by atoms with van der Waals surface area (Å²) in [5, 5.41) is 0. The Morgan fingerprint density at radius 2 is 1.81 bits per heavy atom. The number of fused-ring (bicyclic) bond motifs is 1. The Kier molecular flexibility index (Phi) is 7.32. The fraction of sp³-hybridized carbons (Fsp3) is 0.333. The highest BCUT2D eigenvalue weighted by atomic mass is 32.2. The van der Waals surface area contributed by atoms with E-state index in [1.807, 2.05) is 43.3 Å². The number of aryl methyl sites for hydroxylation is 1. The molecule has 5 rings (SSSR count). The average Bonchev–Trinajstić information content (AvgIpc) is 3.17. The first-order valence-corrected chi connectivity index (χ1v) is 13.4. The zero-order chi connectivity index (χ0) is 26.1. The molecule has 2 saturated heterocycles. The molecule has 2 fully saturated rings. The van der Waals surface area contributed by atoms with Crippen LogP contribution in [0.4, 0.5) is 5.82 Å². The number of benzene rings is 1. The van der Waals surface area contributed by atoms with Gasteiger partial charge >= 0.3 is 0 Å². The quantitative estimate of drug-likeness (QED) is 0.352. The van der Waals surface area contributed by atoms with E-state index < -0.39 is 0 Å². The highest BCUT2D eigenvalue weighted by Crippen LogP contribution is 2.34. The van der Waals surface area contributed by atoms with Crippen LogP contribution in [0.1, 0.15) is 16.7 Å². The van der Waals surface area contributed by atoms with Crippen LogP contribution in [-0.4, -0.2) is 76.3 Å². The van der Waals surface area contributed by atoms with E-state index in [2.05, 4.69) is 16.8 Å². The molecule has 8 nitrogen and oxygen atoms in total. The number of hydrogen-bond acceptors (Lipinski definition) is 8. The van der Waals surface area contributed by atoms with Crippen molar-refractivity contribution in [3.05, 3.63) is 74.5 Å². The molecule has 3 aromatic rings. The lowest BCUT2D eigenvalue weighted by molar-refractivity contribution is -0.122. The Labute approximate surface area is 225 Å². The summed E-state index contributed by atoms with van der Waals surface area (Å²) in [7, 11) is 3.72. The van der Waals surface area contributed by atoms with Crippen molar-refractivity contribution in [1.82, 2.24) is 19.2 Å². The smallest absolute Gasteiger partial charge is 0.267 e. The number of anilines is 1. The van der Waals surface area contributed by atoms with Crippen LogP contribution in [0.2, 0.25) is 0 Å². The molecule has 10 heteroatoms. The molecule has 37 heavy (non-hydrogen) atoms. The largest absolute Gasteiger partial charge is 0.497 e. The molecule has 2 aromatic heterocycles. The number of amides is 1. The third-order valence-electron chi connectivity index (χ3n) is 6.72. The van der Waals surface area contributed by atoms with Gasteiger partial charge < -0.3 is 14.5 Å². The van der Waals surface area contributed by atoms with Crippen LogP contribution in [0.15, 0.2) is 52.3 Å². The zero-order valence-electron chi connectivity index (χ0n) is 21.1. The number of aromatic nitrogens is 2. The van der Waals surface area contributed by atoms with Gasteiger partial charge in [0.05, 0.1) is 17.6 Å². The molecule has 0 unspecified atom stereocenters. The maximum Gasteiger partial charge on any atom is 0.267 e. The second-order valence-corrected chi connectivity index (χ2v) is 11.0. The summed E-state index contributed by atoms with van der Waals surface area (Å²) >= 11 is 6.79. The van der Waals surface area contributed by atoms with Gasteiger partial charge in [-0.25, -0.2) is 4.98 Å². The van der Waals surface area contributed by atoms with E-state index in [0.717, 1.165) is 43.1 Å². The number of nitrogens with zero attached hydrogens (tertiary/aromatic N) is 5. The minimum absolute atomic E-state index is 0.179. The van der Waals surface area contributed by atoms with Crippen molar-refractivity contribution in [3.8, 4) is 5.75 Å². The normalized spacial score (nSPS) is 17.9. The van der Waals surface area contributed by atoms with Gasteiger partial charge in [-0.1, -0.05) is 42.2 Å². The molecule has 0 aliphatic carbocycles. The molecule has 0 radical (unpaired) electrons. The van der Waals surface area contributed by atoms with Gasteiger partial charge in [0.25, 0.3) is 11.5 Å². The first-order valence-electron chi connectivity index (χ1n) is 12.2. The maximum atomic E-state index is 13.7. The number of thioether (sulfide) groups is 1. The third-order valence-corrected chi connectivity index (χ3v) is 8.10. The van der Waals surface area contributed by atoms with Crippen LogP contribution >= 0.6 is 24.0 Å². The highest BCUT2D eigenvalue weighted by molar-refractivity contribution is 8.26. The summed E-state index contributed by atoms with van der Waals surface area (Å²) in [6.45, 7) is 5.68. The molecule has 0 atom stereocenters. The minimum atomic E-state index is -0.189. The molecule has 4 heterocycles. The van der Waals surface area contributed by atoms with Crippen LogP contribution in [0, 0.1) is 6.92 Å². The van der Waals surface area contributed by atoms with E-state index in [-0.39, 0.29) is 11.5 Å². The van der Waals surface area contributed by atoms with Gasteiger partial charge in [0.1, 0.15) is 21.5 Å². The Hall–Kier alpha value is -3.21. The Morgan fingerprint density at radius 3 is 2.51 bits per heavy atom. The number of thiocarbonyl (C=S) groups is 1. The maximum absolute atomic E-state index is 13.7. The van der Waals surface area contributed by atoms with Crippen molar-refractivity contribution in [1.29, 1.82) is 0 Å². The second-order valence-electron chi connectivity index (χ2n) is 9.31. The van der Waals surface area contributed by atoms with E-state index in [1.165, 1.54) is 11.8 Å². The topological polar surface area (TPSA) is 70.4 Å². The lowest BCUT2D eigenvalue weighted by atomic mass is 10.1. The first-order chi connectivity index (χ1) is 17.8. The van der Waals surface area contributed by atoms with Gasteiger partial charge in [-0.15, -0.1) is 0 Å². The molecule has 0 saturated carbocycles. The Balaban J connectivity index is 1.47. The predicted octanol–water partition coefficient (Wildman–Crippen LogP) is 3.21. The molecule has 2 aliphatic rings. The summed E-state index contributed by atoms with van der Waals surface area (Å²) in [5.41, 5.74) is 2.87. The van der Waals surface area contributed by atoms with Gasteiger partial charge in [0.2, 0.25) is 0 Å². The Bertz CT molecular complexity index is 1440. The van der Waals surface area contributed by atoms with E-state index in [4.69, 9.17) is 21.9 Å². The lowest BCUT2D eigenvalue weighted by Crippen LogP contribution is -2.45. The summed E-state index contributed by atoms with van der Waals surface area (Å²) in [5.74, 6) is 1.23. The molecule has 1 amide bonds. The van der Waals surface area contributed by atoms with Crippen molar-refractivity contribution in [2.24, 2.45) is 0 Å². The van der Waals surface area contributed by atoms with Crippen LogP contribution in [0.3, 0.4) is 0 Å². The number of piperazine rings is 1. The first kappa shape index (κ1) is 25.4. The zero-order valence-corrected chi connectivity index (χ0v) is 22.8. The van der Waals surface area contributed by atoms with E-state index in [1.54, 1.807) is 28.7 Å². The van der Waals surface area contributed by atoms with Crippen molar-refractivity contribution in [2.75, 3.05) is 51.8 Å². The number of carbonyl (C=O) groups is 1. The molecule has 0 N–H and O–H groups in total. The minimum Gasteiger partial charge on any atom is -0.497 e. The van der Waals surface area contributed by atoms with Crippen molar-refractivity contribution >= 4 is 51.7 Å². The summed E-state index contributed by atoms with van der Waals surface area (Å²) < 4.78 is 7.28. The number of ether oxygens (including phenoxy) is 1. The SMILES string of the molecule is COc1ccc(CCN2C(=O)/C(=C/c3c(N4CCN(C)CC4)nc4ccc(C)cn4c3=O)SC2=S)cc1. The molecule has 1 aromatic carbocycles. The molecular weight excluding hydrogens is 506 g/mol. The number of rotatable bonds is 6. The third kappa shape index (κ3) is 5.27. The van der Waals surface area contributed by atoms with Gasteiger partial charge in [-0.3, -0.25) is 18.9 Å². The molecular formula is C27H29N5O3S2. The molecule has 0 bridgehead atoms. The molecule has 2 aliphatic heterocycles. The van der Waals surface area contributed by atoms with Gasteiger partial charge in [0, 0.05) is 38.9 Å². The van der Waals surface area contributed by atoms with Crippen LogP contribution in [0.25, 0.3) is 11.7 Å². The fourth-order valence-corrected chi connectivity index (χ4v) is 5.78. The molecule has 0 spiro atoms. The molecule has 192 valence electrons. The second kappa shape index (κ2) is 10.6. The summed E-state index contributed by atoms with van der Waals surface area (Å²) in [6.07, 6.45) is 4.13. The highest BCUT2D eigenvalue weighted by Gasteiger charge is 2.33. The van der Waals surface area contributed by atoms with E-state index >= 15 is 0 Å². The number of hydrogen-bond donors (Lipinski definition) is 0. The number of methoxy groups -OCH3 is 1.